The third-order valence-corrected chi connectivity index (χ3v) is 7.13. The van der Waals surface area contributed by atoms with Gasteiger partial charge in [-0.15, -0.1) is 0 Å². The maximum Gasteiger partial charge on any atom is 0.338 e. The Kier molecular flexibility index (Phi) is 9.14. The Hall–Kier alpha value is -3.85. The van der Waals surface area contributed by atoms with Crippen molar-refractivity contribution in [3.05, 3.63) is 84.5 Å². The van der Waals surface area contributed by atoms with Gasteiger partial charge in [-0.2, -0.15) is 0 Å². The van der Waals surface area contributed by atoms with Gasteiger partial charge in [-0.05, 0) is 75.1 Å². The maximum absolute atomic E-state index is 13.9. The molecule has 0 saturated heterocycles. The van der Waals surface area contributed by atoms with Crippen molar-refractivity contribution < 1.29 is 23.7 Å². The van der Waals surface area contributed by atoms with Gasteiger partial charge >= 0.3 is 5.97 Å². The van der Waals surface area contributed by atoms with E-state index < -0.39 is 12.0 Å². The Balaban J connectivity index is 1.83. The largest absolute Gasteiger partial charge is 0.493 e. The summed E-state index contributed by atoms with van der Waals surface area (Å²) in [5, 5.41) is 0. The molecule has 0 saturated carbocycles. The first kappa shape index (κ1) is 29.1. The number of esters is 1. The van der Waals surface area contributed by atoms with Gasteiger partial charge in [-0.1, -0.05) is 43.4 Å². The van der Waals surface area contributed by atoms with Crippen molar-refractivity contribution >= 4 is 23.4 Å². The van der Waals surface area contributed by atoms with E-state index in [4.69, 9.17) is 18.9 Å². The van der Waals surface area contributed by atoms with Crippen molar-refractivity contribution in [3.8, 4) is 17.2 Å². The summed E-state index contributed by atoms with van der Waals surface area (Å²) in [7, 11) is 1.56. The molecule has 2 heterocycles. The molecule has 0 N–H and O–H groups in total. The lowest BCUT2D eigenvalue weighted by atomic mass is 9.95. The number of thiazole rings is 1. The number of benzene rings is 2. The predicted molar refractivity (Wildman–Crippen MR) is 156 cm³/mol. The van der Waals surface area contributed by atoms with Crippen molar-refractivity contribution in [1.82, 2.24) is 4.57 Å². The molecule has 9 heteroatoms. The van der Waals surface area contributed by atoms with Crippen molar-refractivity contribution in [2.24, 2.45) is 10.9 Å². The van der Waals surface area contributed by atoms with E-state index in [-0.39, 0.29) is 18.3 Å². The van der Waals surface area contributed by atoms with Crippen molar-refractivity contribution in [2.75, 3.05) is 20.3 Å². The molecule has 212 valence electrons. The summed E-state index contributed by atoms with van der Waals surface area (Å²) in [4.78, 5) is 32.2. The molecule has 3 aromatic rings. The SMILES string of the molecule is CCOC(=O)C1=C(C)N=c2s/c(=C\c3ccc(OCC(C)C)cc3)c(=O)n2[C@@H]1c1ccc(OC(C)C)c(OC)c1. The van der Waals surface area contributed by atoms with Gasteiger partial charge in [0.25, 0.3) is 5.56 Å². The van der Waals surface area contributed by atoms with Crippen LogP contribution in [0.4, 0.5) is 0 Å². The van der Waals surface area contributed by atoms with Crippen LogP contribution < -0.4 is 29.1 Å². The molecule has 1 aliphatic rings. The minimum Gasteiger partial charge on any atom is -0.493 e. The molecule has 40 heavy (non-hydrogen) atoms. The van der Waals surface area contributed by atoms with Gasteiger partial charge in [-0.3, -0.25) is 9.36 Å². The monoisotopic (exact) mass is 564 g/mol. The molecule has 1 aliphatic heterocycles. The molecule has 0 bridgehead atoms. The van der Waals surface area contributed by atoms with Crippen LogP contribution >= 0.6 is 11.3 Å². The van der Waals surface area contributed by atoms with E-state index in [1.807, 2.05) is 50.3 Å². The molecule has 1 atom stereocenters. The average molecular weight is 565 g/mol. The van der Waals surface area contributed by atoms with E-state index in [2.05, 4.69) is 18.8 Å². The average Bonchev–Trinajstić information content (AvgIpc) is 3.21. The lowest BCUT2D eigenvalue weighted by Gasteiger charge is -2.25. The summed E-state index contributed by atoms with van der Waals surface area (Å²) < 4.78 is 24.7. The fourth-order valence-corrected chi connectivity index (χ4v) is 5.43. The first-order valence-electron chi connectivity index (χ1n) is 13.4. The highest BCUT2D eigenvalue weighted by Gasteiger charge is 2.34. The lowest BCUT2D eigenvalue weighted by molar-refractivity contribution is -0.139. The van der Waals surface area contributed by atoms with Gasteiger partial charge < -0.3 is 18.9 Å². The molecule has 1 aromatic heterocycles. The third kappa shape index (κ3) is 6.31. The van der Waals surface area contributed by atoms with Gasteiger partial charge in [0.15, 0.2) is 16.3 Å². The molecule has 0 fully saturated rings. The first-order chi connectivity index (χ1) is 19.1. The topological polar surface area (TPSA) is 88.4 Å². The van der Waals surface area contributed by atoms with Gasteiger partial charge in [-0.25, -0.2) is 9.79 Å². The van der Waals surface area contributed by atoms with E-state index in [1.165, 1.54) is 11.3 Å². The van der Waals surface area contributed by atoms with E-state index in [9.17, 15) is 9.59 Å². The maximum atomic E-state index is 13.9. The number of ether oxygens (including phenoxy) is 4. The van der Waals surface area contributed by atoms with E-state index >= 15 is 0 Å². The first-order valence-corrected chi connectivity index (χ1v) is 14.2. The second-order valence-electron chi connectivity index (χ2n) is 10.2. The normalized spacial score (nSPS) is 15.2. The number of rotatable bonds is 10. The number of carbonyl (C=O) groups is 1. The molecule has 0 unspecified atom stereocenters. The van der Waals surface area contributed by atoms with Crippen LogP contribution in [-0.4, -0.2) is 37.0 Å². The number of hydrogen-bond acceptors (Lipinski definition) is 8. The second kappa shape index (κ2) is 12.6. The summed E-state index contributed by atoms with van der Waals surface area (Å²) in [6.45, 7) is 12.4. The molecule has 4 rings (SSSR count). The van der Waals surface area contributed by atoms with E-state index in [0.717, 1.165) is 11.3 Å². The number of methoxy groups -OCH3 is 1. The highest BCUT2D eigenvalue weighted by molar-refractivity contribution is 7.07. The third-order valence-electron chi connectivity index (χ3n) is 6.14. The zero-order chi connectivity index (χ0) is 29.0. The van der Waals surface area contributed by atoms with Gasteiger partial charge in [0.05, 0.1) is 48.3 Å². The number of hydrogen-bond donors (Lipinski definition) is 0. The van der Waals surface area contributed by atoms with Crippen LogP contribution in [0.5, 0.6) is 17.2 Å². The van der Waals surface area contributed by atoms with Crippen molar-refractivity contribution in [3.63, 3.8) is 0 Å². The number of fused-ring (bicyclic) bond motifs is 1. The molecule has 0 radical (unpaired) electrons. The fourth-order valence-electron chi connectivity index (χ4n) is 4.39. The lowest BCUT2D eigenvalue weighted by Crippen LogP contribution is -2.40. The minimum atomic E-state index is -0.744. The fraction of sp³-hybridized carbons (Fsp3) is 0.387. The van der Waals surface area contributed by atoms with Gasteiger partial charge in [0.1, 0.15) is 5.75 Å². The number of allylic oxidation sites excluding steroid dienone is 1. The van der Waals surface area contributed by atoms with Crippen LogP contribution in [-0.2, 0) is 9.53 Å². The standard InChI is InChI=1S/C31H36N2O6S/c1-8-37-30(35)27-20(6)32-31-33(28(27)22-11-14-24(39-19(4)5)25(16-22)36-7)29(34)26(40-31)15-21-9-12-23(13-10-21)38-17-18(2)3/h9-16,18-19,28H,8,17H2,1-7H3/b26-15-/t28-/m1/s1. The molecular formula is C31H36N2O6S. The highest BCUT2D eigenvalue weighted by Crippen LogP contribution is 2.36. The summed E-state index contributed by atoms with van der Waals surface area (Å²) in [6, 6.07) is 12.3. The quantitative estimate of drug-likeness (QED) is 0.334. The summed E-state index contributed by atoms with van der Waals surface area (Å²) in [5.74, 6) is 1.78. The molecule has 2 aromatic carbocycles. The van der Waals surface area contributed by atoms with Crippen LogP contribution in [0.15, 0.2) is 63.5 Å². The Bertz CT molecular complexity index is 1580. The number of aromatic nitrogens is 1. The Morgan fingerprint density at radius 1 is 1.10 bits per heavy atom. The van der Waals surface area contributed by atoms with Crippen LogP contribution in [0.25, 0.3) is 6.08 Å². The van der Waals surface area contributed by atoms with Gasteiger partial charge in [0.2, 0.25) is 0 Å². The van der Waals surface area contributed by atoms with Gasteiger partial charge in [0, 0.05) is 0 Å². The van der Waals surface area contributed by atoms with Crippen LogP contribution in [0.3, 0.4) is 0 Å². The zero-order valence-electron chi connectivity index (χ0n) is 24.0. The summed E-state index contributed by atoms with van der Waals surface area (Å²) >= 11 is 1.28. The van der Waals surface area contributed by atoms with Crippen molar-refractivity contribution in [2.45, 2.75) is 53.7 Å². The smallest absolute Gasteiger partial charge is 0.338 e. The molecule has 8 nitrogen and oxygen atoms in total. The Morgan fingerprint density at radius 3 is 2.45 bits per heavy atom. The Labute approximate surface area is 238 Å². The molecule has 0 spiro atoms. The minimum absolute atomic E-state index is 0.0505. The van der Waals surface area contributed by atoms with E-state index in [0.29, 0.717) is 50.2 Å². The summed E-state index contributed by atoms with van der Waals surface area (Å²) in [5.41, 5.74) is 2.11. The zero-order valence-corrected chi connectivity index (χ0v) is 24.8. The second-order valence-corrected chi connectivity index (χ2v) is 11.2. The van der Waals surface area contributed by atoms with Crippen LogP contribution in [0.1, 0.15) is 58.7 Å². The van der Waals surface area contributed by atoms with E-state index in [1.54, 1.807) is 37.7 Å². The number of nitrogens with zero attached hydrogens (tertiary/aromatic N) is 2. The summed E-state index contributed by atoms with van der Waals surface area (Å²) in [6.07, 6.45) is 1.78. The van der Waals surface area contributed by atoms with Crippen molar-refractivity contribution in [1.29, 1.82) is 0 Å². The molecular weight excluding hydrogens is 528 g/mol. The van der Waals surface area contributed by atoms with Crippen LogP contribution in [0, 0.1) is 5.92 Å². The predicted octanol–water partition coefficient (Wildman–Crippen LogP) is 4.63. The molecule has 0 aliphatic carbocycles. The Morgan fingerprint density at radius 2 is 1.82 bits per heavy atom. The highest BCUT2D eigenvalue weighted by atomic mass is 32.1. The van der Waals surface area contributed by atoms with Crippen LogP contribution in [0.2, 0.25) is 0 Å². The number of carbonyl (C=O) groups excluding carboxylic acids is 1. The molecule has 0 amide bonds.